The number of nitrogens with zero attached hydrogens (tertiary/aromatic N) is 1. The summed E-state index contributed by atoms with van der Waals surface area (Å²) in [5.74, 6) is 1.25. The highest BCUT2D eigenvalue weighted by Gasteiger charge is 2.08. The van der Waals surface area contributed by atoms with Gasteiger partial charge in [0.25, 0.3) is 5.56 Å². The van der Waals surface area contributed by atoms with Gasteiger partial charge in [0, 0.05) is 0 Å². The first-order chi connectivity index (χ1) is 8.72. The zero-order chi connectivity index (χ0) is 13.0. The Balaban J connectivity index is 2.34. The van der Waals surface area contributed by atoms with Crippen molar-refractivity contribution < 1.29 is 4.74 Å². The van der Waals surface area contributed by atoms with Gasteiger partial charge < -0.3 is 15.0 Å². The Kier molecular flexibility index (Phi) is 4.19. The number of para-hydroxylation sites is 2. The molecule has 0 saturated heterocycles. The number of rotatable bonds is 4. The van der Waals surface area contributed by atoms with E-state index in [9.17, 15) is 4.79 Å². The van der Waals surface area contributed by atoms with Gasteiger partial charge in [0.1, 0.15) is 9.32 Å². The Morgan fingerprint density at radius 2 is 2.22 bits per heavy atom. The van der Waals surface area contributed by atoms with Gasteiger partial charge >= 0.3 is 0 Å². The average Bonchev–Trinajstić information content (AvgIpc) is 2.37. The third-order valence-electron chi connectivity index (χ3n) is 2.24. The maximum atomic E-state index is 11.5. The quantitative estimate of drug-likeness (QED) is 0.826. The Bertz CT molecular complexity index is 598. The summed E-state index contributed by atoms with van der Waals surface area (Å²) in [7, 11) is 0. The highest BCUT2D eigenvalue weighted by Crippen LogP contribution is 2.27. The van der Waals surface area contributed by atoms with Crippen LogP contribution in [0, 0.1) is 3.57 Å². The van der Waals surface area contributed by atoms with Gasteiger partial charge in [-0.05, 0) is 41.6 Å². The molecule has 0 amide bonds. The van der Waals surface area contributed by atoms with E-state index in [2.05, 4.69) is 15.3 Å². The lowest BCUT2D eigenvalue weighted by molar-refractivity contribution is 0.342. The smallest absolute Gasteiger partial charge is 0.266 e. The Morgan fingerprint density at radius 1 is 1.44 bits per heavy atom. The molecule has 0 unspecified atom stereocenters. The first-order valence-corrected chi connectivity index (χ1v) is 6.52. The second kappa shape index (κ2) is 5.85. The van der Waals surface area contributed by atoms with Gasteiger partial charge in [-0.1, -0.05) is 12.1 Å². The summed E-state index contributed by atoms with van der Waals surface area (Å²) in [4.78, 5) is 18.1. The van der Waals surface area contributed by atoms with Crippen LogP contribution in [0.25, 0.3) is 0 Å². The number of halogens is 1. The van der Waals surface area contributed by atoms with Gasteiger partial charge in [-0.2, -0.15) is 0 Å². The van der Waals surface area contributed by atoms with Crippen LogP contribution in [0.4, 0.5) is 11.5 Å². The van der Waals surface area contributed by atoms with Crippen molar-refractivity contribution in [2.45, 2.75) is 6.92 Å². The van der Waals surface area contributed by atoms with E-state index in [-0.39, 0.29) is 5.56 Å². The maximum Gasteiger partial charge on any atom is 0.266 e. The van der Waals surface area contributed by atoms with Crippen LogP contribution in [0.5, 0.6) is 5.75 Å². The molecule has 18 heavy (non-hydrogen) atoms. The topological polar surface area (TPSA) is 67.0 Å². The number of ether oxygens (including phenoxy) is 1. The van der Waals surface area contributed by atoms with Crippen LogP contribution in [0.2, 0.25) is 0 Å². The van der Waals surface area contributed by atoms with Crippen molar-refractivity contribution in [1.82, 2.24) is 9.97 Å². The number of anilines is 2. The monoisotopic (exact) mass is 357 g/mol. The van der Waals surface area contributed by atoms with E-state index in [0.29, 0.717) is 16.0 Å². The summed E-state index contributed by atoms with van der Waals surface area (Å²) in [5.41, 5.74) is 0.623. The molecular weight excluding hydrogens is 345 g/mol. The number of H-pyrrole nitrogens is 1. The zero-order valence-electron chi connectivity index (χ0n) is 9.74. The van der Waals surface area contributed by atoms with Crippen molar-refractivity contribution in [1.29, 1.82) is 0 Å². The van der Waals surface area contributed by atoms with Crippen LogP contribution in [-0.2, 0) is 0 Å². The van der Waals surface area contributed by atoms with Crippen LogP contribution < -0.4 is 15.6 Å². The highest BCUT2D eigenvalue weighted by atomic mass is 127. The summed E-state index contributed by atoms with van der Waals surface area (Å²) in [5, 5.41) is 3.10. The number of benzene rings is 1. The van der Waals surface area contributed by atoms with Crippen LogP contribution in [0.15, 0.2) is 35.4 Å². The fourth-order valence-corrected chi connectivity index (χ4v) is 1.88. The summed E-state index contributed by atoms with van der Waals surface area (Å²) in [6.07, 6.45) is 1.37. The summed E-state index contributed by atoms with van der Waals surface area (Å²) in [6, 6.07) is 7.53. The van der Waals surface area contributed by atoms with Crippen molar-refractivity contribution >= 4 is 34.1 Å². The molecule has 0 bridgehead atoms. The number of hydrogen-bond donors (Lipinski definition) is 2. The maximum absolute atomic E-state index is 11.5. The predicted octanol–water partition coefficient (Wildman–Crippen LogP) is 2.52. The minimum absolute atomic E-state index is 0.165. The minimum Gasteiger partial charge on any atom is -0.492 e. The molecule has 0 aliphatic heterocycles. The van der Waals surface area contributed by atoms with Gasteiger partial charge in [-0.3, -0.25) is 4.79 Å². The van der Waals surface area contributed by atoms with Crippen molar-refractivity contribution in [3.8, 4) is 5.75 Å². The van der Waals surface area contributed by atoms with Crippen LogP contribution in [-0.4, -0.2) is 16.6 Å². The van der Waals surface area contributed by atoms with E-state index >= 15 is 0 Å². The van der Waals surface area contributed by atoms with E-state index in [1.54, 1.807) is 0 Å². The Labute approximate surface area is 118 Å². The SMILES string of the molecule is CCOc1ccccc1Nc1nc[nH]c(=O)c1I. The van der Waals surface area contributed by atoms with Crippen molar-refractivity contribution in [3.63, 3.8) is 0 Å². The van der Waals surface area contributed by atoms with E-state index < -0.39 is 0 Å². The predicted molar refractivity (Wildman–Crippen MR) is 78.5 cm³/mol. The molecule has 0 aliphatic carbocycles. The molecule has 5 nitrogen and oxygen atoms in total. The fraction of sp³-hybridized carbons (Fsp3) is 0.167. The first-order valence-electron chi connectivity index (χ1n) is 5.44. The van der Waals surface area contributed by atoms with E-state index in [4.69, 9.17) is 4.74 Å². The molecule has 0 radical (unpaired) electrons. The average molecular weight is 357 g/mol. The van der Waals surface area contributed by atoms with Gasteiger partial charge in [-0.25, -0.2) is 4.98 Å². The van der Waals surface area contributed by atoms with E-state index in [1.807, 2.05) is 53.8 Å². The molecule has 0 fully saturated rings. The number of hydrogen-bond acceptors (Lipinski definition) is 4. The van der Waals surface area contributed by atoms with E-state index in [1.165, 1.54) is 6.33 Å². The van der Waals surface area contributed by atoms with Crippen LogP contribution >= 0.6 is 22.6 Å². The van der Waals surface area contributed by atoms with Crippen LogP contribution in [0.3, 0.4) is 0 Å². The third kappa shape index (κ3) is 2.81. The van der Waals surface area contributed by atoms with Crippen molar-refractivity contribution in [2.24, 2.45) is 0 Å². The van der Waals surface area contributed by atoms with Crippen LogP contribution in [0.1, 0.15) is 6.92 Å². The molecule has 0 spiro atoms. The van der Waals surface area contributed by atoms with Gasteiger partial charge in [0.05, 0.1) is 18.6 Å². The first kappa shape index (κ1) is 12.9. The van der Waals surface area contributed by atoms with Crippen molar-refractivity contribution in [2.75, 3.05) is 11.9 Å². The summed E-state index contributed by atoms with van der Waals surface area (Å²) in [6.45, 7) is 2.50. The minimum atomic E-state index is -0.165. The second-order valence-corrected chi connectivity index (χ2v) is 4.53. The molecule has 2 N–H and O–H groups in total. The third-order valence-corrected chi connectivity index (χ3v) is 3.24. The second-order valence-electron chi connectivity index (χ2n) is 3.45. The summed E-state index contributed by atoms with van der Waals surface area (Å²) >= 11 is 1.96. The van der Waals surface area contributed by atoms with Gasteiger partial charge in [-0.15, -0.1) is 0 Å². The van der Waals surface area contributed by atoms with Gasteiger partial charge in [0.15, 0.2) is 5.82 Å². The molecule has 2 aromatic rings. The normalized spacial score (nSPS) is 10.1. The molecule has 0 aliphatic rings. The standard InChI is InChI=1S/C12H12IN3O2/c1-2-18-9-6-4-3-5-8(9)16-11-10(13)12(17)15-7-14-11/h3-7H,2H2,1H3,(H2,14,15,16,17). The van der Waals surface area contributed by atoms with Crippen molar-refractivity contribution in [3.05, 3.63) is 44.5 Å². The lowest BCUT2D eigenvalue weighted by Crippen LogP contribution is -2.13. The molecule has 94 valence electrons. The number of aromatic nitrogens is 2. The molecule has 2 rings (SSSR count). The van der Waals surface area contributed by atoms with Gasteiger partial charge in [0.2, 0.25) is 0 Å². The largest absolute Gasteiger partial charge is 0.492 e. The molecule has 1 heterocycles. The molecule has 6 heteroatoms. The fourth-order valence-electron chi connectivity index (χ4n) is 1.45. The molecule has 1 aromatic carbocycles. The highest BCUT2D eigenvalue weighted by molar-refractivity contribution is 14.1. The number of aromatic amines is 1. The lowest BCUT2D eigenvalue weighted by atomic mass is 10.3. The zero-order valence-corrected chi connectivity index (χ0v) is 11.9. The summed E-state index contributed by atoms with van der Waals surface area (Å²) < 4.78 is 6.02. The molecule has 0 atom stereocenters. The molecule has 1 aromatic heterocycles. The molecular formula is C12H12IN3O2. The lowest BCUT2D eigenvalue weighted by Gasteiger charge is -2.11. The number of nitrogens with one attached hydrogen (secondary N) is 2. The Morgan fingerprint density at radius 3 is 3.00 bits per heavy atom. The Hall–Kier alpha value is -1.57. The van der Waals surface area contributed by atoms with E-state index in [0.717, 1.165) is 11.4 Å². The molecule has 0 saturated carbocycles.